The van der Waals surface area contributed by atoms with Crippen LogP contribution in [0.3, 0.4) is 0 Å². The second-order valence-electron chi connectivity index (χ2n) is 5.00. The Morgan fingerprint density at radius 2 is 2.50 bits per heavy atom. The molecule has 4 heteroatoms. The summed E-state index contributed by atoms with van der Waals surface area (Å²) in [7, 11) is 0. The van der Waals surface area contributed by atoms with Gasteiger partial charge in [0.05, 0.1) is 12.4 Å². The van der Waals surface area contributed by atoms with E-state index in [4.69, 9.17) is 0 Å². The number of piperidine rings is 1. The molecule has 0 amide bonds. The van der Waals surface area contributed by atoms with Crippen LogP contribution in [0.4, 0.5) is 0 Å². The number of hydrogen-bond donors (Lipinski definition) is 1. The number of aromatic nitrogens is 2. The largest absolute Gasteiger partial charge is 0.327 e. The van der Waals surface area contributed by atoms with Crippen molar-refractivity contribution in [2.75, 3.05) is 13.1 Å². The van der Waals surface area contributed by atoms with Gasteiger partial charge in [-0.15, -0.1) is 0 Å². The lowest BCUT2D eigenvalue weighted by Crippen LogP contribution is -2.29. The van der Waals surface area contributed by atoms with Crippen molar-refractivity contribution in [3.05, 3.63) is 40.6 Å². The summed E-state index contributed by atoms with van der Waals surface area (Å²) >= 11 is 1.76. The molecule has 2 unspecified atom stereocenters. The van der Waals surface area contributed by atoms with Gasteiger partial charge in [-0.2, -0.15) is 11.3 Å². The SMILES string of the molecule is CC(c1ccsc1)n1cncc1C1CCCNC1. The Bertz CT molecular complexity index is 483. The van der Waals surface area contributed by atoms with Crippen molar-refractivity contribution in [1.82, 2.24) is 14.9 Å². The first kappa shape index (κ1) is 11.9. The highest BCUT2D eigenvalue weighted by Gasteiger charge is 2.21. The van der Waals surface area contributed by atoms with Crippen molar-refractivity contribution in [2.45, 2.75) is 31.7 Å². The quantitative estimate of drug-likeness (QED) is 0.920. The molecule has 0 aromatic carbocycles. The fraction of sp³-hybridized carbons (Fsp3) is 0.500. The minimum absolute atomic E-state index is 0.385. The number of thiophene rings is 1. The van der Waals surface area contributed by atoms with E-state index in [2.05, 4.69) is 38.6 Å². The van der Waals surface area contributed by atoms with E-state index in [0.29, 0.717) is 12.0 Å². The van der Waals surface area contributed by atoms with Crippen molar-refractivity contribution in [2.24, 2.45) is 0 Å². The van der Waals surface area contributed by atoms with Gasteiger partial charge in [-0.3, -0.25) is 0 Å². The van der Waals surface area contributed by atoms with Gasteiger partial charge in [-0.25, -0.2) is 4.98 Å². The molecule has 1 N–H and O–H groups in total. The molecule has 2 aromatic rings. The second-order valence-corrected chi connectivity index (χ2v) is 5.78. The van der Waals surface area contributed by atoms with Crippen molar-refractivity contribution in [3.63, 3.8) is 0 Å². The molecule has 0 saturated carbocycles. The summed E-state index contributed by atoms with van der Waals surface area (Å²) in [5, 5.41) is 7.86. The van der Waals surface area contributed by atoms with Crippen LogP contribution in [-0.2, 0) is 0 Å². The maximum atomic E-state index is 4.37. The van der Waals surface area contributed by atoms with Crippen LogP contribution in [0.15, 0.2) is 29.4 Å². The van der Waals surface area contributed by atoms with Crippen LogP contribution in [0, 0.1) is 0 Å². The first-order valence-corrected chi connectivity index (χ1v) is 7.55. The van der Waals surface area contributed by atoms with E-state index in [-0.39, 0.29) is 0 Å². The van der Waals surface area contributed by atoms with Crippen molar-refractivity contribution in [1.29, 1.82) is 0 Å². The number of nitrogens with zero attached hydrogens (tertiary/aromatic N) is 2. The predicted octanol–water partition coefficient (Wildman–Crippen LogP) is 3.02. The lowest BCUT2D eigenvalue weighted by Gasteiger charge is -2.25. The number of rotatable bonds is 3. The highest BCUT2D eigenvalue weighted by atomic mass is 32.1. The molecule has 0 aliphatic carbocycles. The molecule has 3 heterocycles. The Morgan fingerprint density at radius 1 is 1.56 bits per heavy atom. The van der Waals surface area contributed by atoms with E-state index in [1.54, 1.807) is 11.3 Å². The van der Waals surface area contributed by atoms with Crippen molar-refractivity contribution < 1.29 is 0 Å². The third-order valence-corrected chi connectivity index (χ3v) is 4.56. The van der Waals surface area contributed by atoms with Gasteiger partial charge in [-0.05, 0) is 48.7 Å². The predicted molar refractivity (Wildman–Crippen MR) is 75.2 cm³/mol. The highest BCUT2D eigenvalue weighted by molar-refractivity contribution is 7.07. The molecular weight excluding hydrogens is 242 g/mol. The van der Waals surface area contributed by atoms with Gasteiger partial charge >= 0.3 is 0 Å². The highest BCUT2D eigenvalue weighted by Crippen LogP contribution is 2.28. The average molecular weight is 261 g/mol. The molecule has 18 heavy (non-hydrogen) atoms. The van der Waals surface area contributed by atoms with Crippen LogP contribution in [0.25, 0.3) is 0 Å². The molecule has 1 aliphatic rings. The van der Waals surface area contributed by atoms with Crippen LogP contribution in [0.5, 0.6) is 0 Å². The Labute approximate surface area is 112 Å². The number of nitrogens with one attached hydrogen (secondary N) is 1. The van der Waals surface area contributed by atoms with Gasteiger partial charge in [0.2, 0.25) is 0 Å². The van der Waals surface area contributed by atoms with E-state index >= 15 is 0 Å². The fourth-order valence-electron chi connectivity index (χ4n) is 2.73. The van der Waals surface area contributed by atoms with E-state index in [0.717, 1.165) is 13.1 Å². The monoisotopic (exact) mass is 261 g/mol. The molecule has 0 bridgehead atoms. The molecule has 2 aromatic heterocycles. The lowest BCUT2D eigenvalue weighted by molar-refractivity contribution is 0.435. The number of hydrogen-bond acceptors (Lipinski definition) is 3. The summed E-state index contributed by atoms with van der Waals surface area (Å²) in [6.45, 7) is 4.50. The minimum atomic E-state index is 0.385. The summed E-state index contributed by atoms with van der Waals surface area (Å²) in [6, 6.07) is 2.59. The van der Waals surface area contributed by atoms with Gasteiger partial charge in [0.1, 0.15) is 0 Å². The molecule has 96 valence electrons. The van der Waals surface area contributed by atoms with Gasteiger partial charge in [0.25, 0.3) is 0 Å². The molecule has 0 radical (unpaired) electrons. The van der Waals surface area contributed by atoms with Crippen molar-refractivity contribution in [3.8, 4) is 0 Å². The molecule has 0 spiro atoms. The Kier molecular flexibility index (Phi) is 3.48. The molecule has 3 nitrogen and oxygen atoms in total. The summed E-state index contributed by atoms with van der Waals surface area (Å²) in [5.74, 6) is 0.613. The topological polar surface area (TPSA) is 29.9 Å². The second kappa shape index (κ2) is 5.24. The van der Waals surface area contributed by atoms with E-state index < -0.39 is 0 Å². The number of imidazole rings is 1. The maximum Gasteiger partial charge on any atom is 0.0953 e. The smallest absolute Gasteiger partial charge is 0.0953 e. The molecule has 1 fully saturated rings. The molecule has 2 atom stereocenters. The van der Waals surface area contributed by atoms with Crippen LogP contribution >= 0.6 is 11.3 Å². The molecule has 3 rings (SSSR count). The zero-order chi connectivity index (χ0) is 12.4. The summed E-state index contributed by atoms with van der Waals surface area (Å²) in [6.07, 6.45) is 6.56. The average Bonchev–Trinajstić information content (AvgIpc) is 3.10. The third kappa shape index (κ3) is 2.22. The zero-order valence-electron chi connectivity index (χ0n) is 10.7. The zero-order valence-corrected chi connectivity index (χ0v) is 11.5. The summed E-state index contributed by atoms with van der Waals surface area (Å²) in [5.41, 5.74) is 2.75. The van der Waals surface area contributed by atoms with E-state index in [9.17, 15) is 0 Å². The van der Waals surface area contributed by atoms with Crippen molar-refractivity contribution >= 4 is 11.3 Å². The normalized spacial score (nSPS) is 21.9. The van der Waals surface area contributed by atoms with Crippen LogP contribution < -0.4 is 5.32 Å². The standard InChI is InChI=1S/C14H19N3S/c1-11(13-4-6-18-9-13)17-10-16-8-14(17)12-3-2-5-15-7-12/h4,6,8-12,15H,2-3,5,7H2,1H3. The van der Waals surface area contributed by atoms with Crippen LogP contribution in [0.1, 0.15) is 43.0 Å². The molecule has 1 aliphatic heterocycles. The first-order chi connectivity index (χ1) is 8.86. The Morgan fingerprint density at radius 3 is 3.22 bits per heavy atom. The van der Waals surface area contributed by atoms with Gasteiger partial charge in [0, 0.05) is 24.4 Å². The van der Waals surface area contributed by atoms with Crippen LogP contribution in [0.2, 0.25) is 0 Å². The van der Waals surface area contributed by atoms with E-state index in [1.165, 1.54) is 24.1 Å². The third-order valence-electron chi connectivity index (χ3n) is 3.85. The molecule has 1 saturated heterocycles. The summed E-state index contributed by atoms with van der Waals surface area (Å²) < 4.78 is 2.33. The lowest BCUT2D eigenvalue weighted by atomic mass is 9.96. The van der Waals surface area contributed by atoms with E-state index in [1.807, 2.05) is 12.5 Å². The van der Waals surface area contributed by atoms with Gasteiger partial charge in [0.15, 0.2) is 0 Å². The minimum Gasteiger partial charge on any atom is -0.327 e. The fourth-order valence-corrected chi connectivity index (χ4v) is 3.48. The summed E-state index contributed by atoms with van der Waals surface area (Å²) in [4.78, 5) is 4.37. The molecular formula is C14H19N3S. The Balaban J connectivity index is 1.86. The van der Waals surface area contributed by atoms with Gasteiger partial charge in [-0.1, -0.05) is 0 Å². The maximum absolute atomic E-state index is 4.37. The first-order valence-electron chi connectivity index (χ1n) is 6.61. The van der Waals surface area contributed by atoms with Gasteiger partial charge < -0.3 is 9.88 Å². The van der Waals surface area contributed by atoms with Crippen LogP contribution in [-0.4, -0.2) is 22.6 Å². The Hall–Kier alpha value is -1.13.